The van der Waals surface area contributed by atoms with Crippen LogP contribution in [-0.4, -0.2) is 16.0 Å². The van der Waals surface area contributed by atoms with Gasteiger partial charge in [0, 0.05) is 12.4 Å². The number of benzene rings is 2. The number of pyridine rings is 1. The van der Waals surface area contributed by atoms with Gasteiger partial charge in [0.25, 0.3) is 5.91 Å². The Hall–Kier alpha value is -3.05. The van der Waals surface area contributed by atoms with Gasteiger partial charge in [-0.05, 0) is 41.0 Å². The molecule has 3 aromatic rings. The fourth-order valence-corrected chi connectivity index (χ4v) is 2.58. The molecule has 0 saturated carbocycles. The zero-order chi connectivity index (χ0) is 17.6. The van der Waals surface area contributed by atoms with Crippen LogP contribution >= 0.6 is 0 Å². The fourth-order valence-electron chi connectivity index (χ4n) is 2.58. The van der Waals surface area contributed by atoms with Crippen LogP contribution in [0.3, 0.4) is 0 Å². The number of amides is 1. The van der Waals surface area contributed by atoms with Crippen molar-refractivity contribution in [3.63, 3.8) is 0 Å². The van der Waals surface area contributed by atoms with Crippen LogP contribution in [0.1, 0.15) is 28.8 Å². The second-order valence-corrected chi connectivity index (χ2v) is 5.59. The highest BCUT2D eigenvalue weighted by Crippen LogP contribution is 2.23. The van der Waals surface area contributed by atoms with Gasteiger partial charge in [0.1, 0.15) is 5.82 Å². The quantitative estimate of drug-likeness (QED) is 0.752. The van der Waals surface area contributed by atoms with Gasteiger partial charge in [-0.1, -0.05) is 42.5 Å². The summed E-state index contributed by atoms with van der Waals surface area (Å²) in [6.07, 6.45) is 1.95. The highest BCUT2D eigenvalue weighted by atomic mass is 19.1. The van der Waals surface area contributed by atoms with Crippen molar-refractivity contribution in [2.24, 2.45) is 0 Å². The lowest BCUT2D eigenvalue weighted by molar-refractivity contribution is -0.130. The molecule has 25 heavy (non-hydrogen) atoms. The number of rotatable bonds is 5. The predicted octanol–water partition coefficient (Wildman–Crippen LogP) is 3.16. The Morgan fingerprint density at radius 3 is 2.12 bits per heavy atom. The summed E-state index contributed by atoms with van der Waals surface area (Å²) >= 11 is 0. The molecule has 4 nitrogen and oxygen atoms in total. The van der Waals surface area contributed by atoms with Crippen LogP contribution in [0, 0.1) is 5.82 Å². The second-order valence-electron chi connectivity index (χ2n) is 5.59. The zero-order valence-electron chi connectivity index (χ0n) is 13.3. The van der Waals surface area contributed by atoms with Crippen LogP contribution in [0.25, 0.3) is 0 Å². The summed E-state index contributed by atoms with van der Waals surface area (Å²) in [6, 6.07) is 17.6. The first-order chi connectivity index (χ1) is 12.1. The summed E-state index contributed by atoms with van der Waals surface area (Å²) in [7, 11) is 0. The van der Waals surface area contributed by atoms with Crippen LogP contribution < -0.4 is 5.32 Å². The van der Waals surface area contributed by atoms with Gasteiger partial charge in [-0.15, -0.1) is 0 Å². The van der Waals surface area contributed by atoms with E-state index in [9.17, 15) is 14.3 Å². The normalized spacial score (nSPS) is 13.0. The van der Waals surface area contributed by atoms with Gasteiger partial charge < -0.3 is 10.4 Å². The molecular formula is C20H17FN2O2. The maximum Gasteiger partial charge on any atom is 0.254 e. The summed E-state index contributed by atoms with van der Waals surface area (Å²) in [6.45, 7) is 0. The minimum absolute atomic E-state index is 0.354. The Balaban J connectivity index is 1.87. The number of aliphatic hydroxyl groups excluding tert-OH is 1. The third-order valence-electron chi connectivity index (χ3n) is 3.89. The summed E-state index contributed by atoms with van der Waals surface area (Å²) in [4.78, 5) is 16.5. The van der Waals surface area contributed by atoms with Gasteiger partial charge in [0.05, 0.1) is 6.04 Å². The molecule has 0 aliphatic rings. The molecule has 1 heterocycles. The SMILES string of the molecule is O=C(N[C@@H](c1ccncc1)c1ccc(F)cc1)[C@@H](O)c1ccccc1. The lowest BCUT2D eigenvalue weighted by Crippen LogP contribution is -2.33. The molecule has 0 bridgehead atoms. The number of hydrogen-bond donors (Lipinski definition) is 2. The Morgan fingerprint density at radius 1 is 0.880 bits per heavy atom. The van der Waals surface area contributed by atoms with Gasteiger partial charge >= 0.3 is 0 Å². The molecule has 0 fully saturated rings. The van der Waals surface area contributed by atoms with E-state index in [2.05, 4.69) is 10.3 Å². The van der Waals surface area contributed by atoms with Crippen molar-refractivity contribution in [2.45, 2.75) is 12.1 Å². The predicted molar refractivity (Wildman–Crippen MR) is 92.0 cm³/mol. The van der Waals surface area contributed by atoms with Gasteiger partial charge in [-0.25, -0.2) is 4.39 Å². The number of nitrogens with one attached hydrogen (secondary N) is 1. The van der Waals surface area contributed by atoms with E-state index in [0.717, 1.165) is 5.56 Å². The van der Waals surface area contributed by atoms with E-state index in [1.165, 1.54) is 12.1 Å². The molecule has 126 valence electrons. The van der Waals surface area contributed by atoms with E-state index in [1.807, 2.05) is 6.07 Å². The summed E-state index contributed by atoms with van der Waals surface area (Å²) < 4.78 is 13.2. The molecule has 1 amide bonds. The molecule has 0 radical (unpaired) electrons. The number of aromatic nitrogens is 1. The van der Waals surface area contributed by atoms with Gasteiger partial charge in [-0.2, -0.15) is 0 Å². The van der Waals surface area contributed by atoms with Crippen LogP contribution in [0.5, 0.6) is 0 Å². The number of halogens is 1. The molecule has 0 saturated heterocycles. The first kappa shape index (κ1) is 16.8. The van der Waals surface area contributed by atoms with Crippen molar-refractivity contribution in [2.75, 3.05) is 0 Å². The zero-order valence-corrected chi connectivity index (χ0v) is 13.3. The summed E-state index contributed by atoms with van der Waals surface area (Å²) in [5, 5.41) is 13.1. The summed E-state index contributed by atoms with van der Waals surface area (Å²) in [5.74, 6) is -0.884. The van der Waals surface area contributed by atoms with Crippen molar-refractivity contribution in [1.29, 1.82) is 0 Å². The van der Waals surface area contributed by atoms with E-state index in [1.54, 1.807) is 60.9 Å². The van der Waals surface area contributed by atoms with Gasteiger partial charge in [-0.3, -0.25) is 9.78 Å². The maximum atomic E-state index is 13.2. The second kappa shape index (κ2) is 7.68. The van der Waals surface area contributed by atoms with Crippen LogP contribution in [0.4, 0.5) is 4.39 Å². The lowest BCUT2D eigenvalue weighted by atomic mass is 9.98. The lowest BCUT2D eigenvalue weighted by Gasteiger charge is -2.21. The molecule has 2 N–H and O–H groups in total. The standard InChI is InChI=1S/C20H17FN2O2/c21-17-8-6-14(7-9-17)18(15-10-12-22-13-11-15)23-20(25)19(24)16-4-2-1-3-5-16/h1-13,18-19,24H,(H,23,25)/t18-,19+/m1/s1. The minimum atomic E-state index is -1.29. The highest BCUT2D eigenvalue weighted by molar-refractivity contribution is 5.82. The third kappa shape index (κ3) is 4.08. The number of carbonyl (C=O) groups is 1. The van der Waals surface area contributed by atoms with Crippen LogP contribution in [0.15, 0.2) is 79.1 Å². The molecular weight excluding hydrogens is 319 g/mol. The Morgan fingerprint density at radius 2 is 1.48 bits per heavy atom. The van der Waals surface area contributed by atoms with E-state index < -0.39 is 18.1 Å². The van der Waals surface area contributed by atoms with Crippen LogP contribution in [-0.2, 0) is 4.79 Å². The Labute approximate surface area is 145 Å². The van der Waals surface area contributed by atoms with E-state index in [0.29, 0.717) is 11.1 Å². The number of nitrogens with zero attached hydrogens (tertiary/aromatic N) is 1. The first-order valence-corrected chi connectivity index (χ1v) is 7.84. The van der Waals surface area contributed by atoms with Crippen LogP contribution in [0.2, 0.25) is 0 Å². The first-order valence-electron chi connectivity index (χ1n) is 7.84. The average Bonchev–Trinajstić information content (AvgIpc) is 2.67. The number of carbonyl (C=O) groups excluding carboxylic acids is 1. The minimum Gasteiger partial charge on any atom is -0.378 e. The molecule has 3 rings (SSSR count). The third-order valence-corrected chi connectivity index (χ3v) is 3.89. The van der Waals surface area contributed by atoms with Crippen molar-refractivity contribution in [1.82, 2.24) is 10.3 Å². The Bertz CT molecular complexity index is 823. The topological polar surface area (TPSA) is 62.2 Å². The van der Waals surface area contributed by atoms with Crippen molar-refractivity contribution in [3.8, 4) is 0 Å². The van der Waals surface area contributed by atoms with E-state index in [-0.39, 0.29) is 5.82 Å². The van der Waals surface area contributed by atoms with Gasteiger partial charge in [0.15, 0.2) is 6.10 Å². The van der Waals surface area contributed by atoms with Crippen molar-refractivity contribution in [3.05, 3.63) is 102 Å². The molecule has 2 atom stereocenters. The number of hydrogen-bond acceptors (Lipinski definition) is 3. The van der Waals surface area contributed by atoms with Crippen molar-refractivity contribution >= 4 is 5.91 Å². The Kier molecular flexibility index (Phi) is 5.16. The maximum absolute atomic E-state index is 13.2. The fraction of sp³-hybridized carbons (Fsp3) is 0.100. The van der Waals surface area contributed by atoms with Crippen molar-refractivity contribution < 1.29 is 14.3 Å². The molecule has 1 aromatic heterocycles. The molecule has 0 unspecified atom stereocenters. The largest absolute Gasteiger partial charge is 0.378 e. The van der Waals surface area contributed by atoms with E-state index >= 15 is 0 Å². The summed E-state index contributed by atoms with van der Waals surface area (Å²) in [5.41, 5.74) is 2.00. The monoisotopic (exact) mass is 336 g/mol. The highest BCUT2D eigenvalue weighted by Gasteiger charge is 2.22. The molecule has 0 aliphatic carbocycles. The number of aliphatic hydroxyl groups is 1. The molecule has 0 spiro atoms. The smallest absolute Gasteiger partial charge is 0.254 e. The average molecular weight is 336 g/mol. The molecule has 5 heteroatoms. The van der Waals surface area contributed by atoms with Gasteiger partial charge in [0.2, 0.25) is 0 Å². The van der Waals surface area contributed by atoms with E-state index in [4.69, 9.17) is 0 Å². The molecule has 2 aromatic carbocycles. The molecule has 0 aliphatic heterocycles.